The molecular formula is C16H23ClN2O2. The second-order valence-electron chi connectivity index (χ2n) is 5.85. The molecular weight excluding hydrogens is 288 g/mol. The molecule has 1 aliphatic carbocycles. The molecule has 1 fully saturated rings. The quantitative estimate of drug-likeness (QED) is 0.783. The van der Waals surface area contributed by atoms with E-state index in [-0.39, 0.29) is 19.1 Å². The number of carbonyl (C=O) groups is 1. The third kappa shape index (κ3) is 4.90. The lowest BCUT2D eigenvalue weighted by atomic mass is 9.87. The summed E-state index contributed by atoms with van der Waals surface area (Å²) in [7, 11) is 0. The summed E-state index contributed by atoms with van der Waals surface area (Å²) in [4.78, 5) is 12.0. The Hall–Kier alpha value is -1.26. The van der Waals surface area contributed by atoms with E-state index in [4.69, 9.17) is 16.7 Å². The fraction of sp³-hybridized carbons (Fsp3) is 0.562. The highest BCUT2D eigenvalue weighted by molar-refractivity contribution is 6.33. The monoisotopic (exact) mass is 310 g/mol. The number of carbonyl (C=O) groups excluding carboxylic acids is 1. The van der Waals surface area contributed by atoms with Crippen LogP contribution in [0.3, 0.4) is 0 Å². The van der Waals surface area contributed by atoms with Gasteiger partial charge in [0.1, 0.15) is 0 Å². The number of nitrogens with one attached hydrogen (secondary N) is 2. The molecule has 0 saturated heterocycles. The van der Waals surface area contributed by atoms with Gasteiger partial charge in [0.15, 0.2) is 0 Å². The fourth-order valence-electron chi connectivity index (χ4n) is 2.66. The molecule has 5 heteroatoms. The summed E-state index contributed by atoms with van der Waals surface area (Å²) in [6, 6.07) is 5.54. The molecule has 1 aromatic carbocycles. The summed E-state index contributed by atoms with van der Waals surface area (Å²) >= 11 is 6.07. The van der Waals surface area contributed by atoms with Gasteiger partial charge in [0, 0.05) is 6.04 Å². The highest BCUT2D eigenvalue weighted by Crippen LogP contribution is 2.24. The molecule has 0 spiro atoms. The van der Waals surface area contributed by atoms with E-state index in [9.17, 15) is 4.79 Å². The average Bonchev–Trinajstić information content (AvgIpc) is 2.49. The van der Waals surface area contributed by atoms with Crippen molar-refractivity contribution in [3.8, 4) is 0 Å². The molecule has 3 N–H and O–H groups in total. The van der Waals surface area contributed by atoms with Gasteiger partial charge < -0.3 is 15.7 Å². The Morgan fingerprint density at radius 3 is 2.71 bits per heavy atom. The van der Waals surface area contributed by atoms with Crippen LogP contribution in [0.5, 0.6) is 0 Å². The van der Waals surface area contributed by atoms with Gasteiger partial charge in [0.25, 0.3) is 0 Å². The molecule has 1 aromatic rings. The highest BCUT2D eigenvalue weighted by Gasteiger charge is 2.19. The van der Waals surface area contributed by atoms with Crippen molar-refractivity contribution in [2.24, 2.45) is 5.92 Å². The second kappa shape index (κ2) is 7.66. The summed E-state index contributed by atoms with van der Waals surface area (Å²) in [5.41, 5.74) is 1.44. The summed E-state index contributed by atoms with van der Waals surface area (Å²) in [5.74, 6) is 0.760. The SMILES string of the molecule is CC1CCC(NC(=O)CNc2cc(CO)ccc2Cl)CC1. The molecule has 0 atom stereocenters. The van der Waals surface area contributed by atoms with Crippen molar-refractivity contribution in [2.45, 2.75) is 45.3 Å². The maximum absolute atomic E-state index is 12.0. The summed E-state index contributed by atoms with van der Waals surface area (Å²) in [6.07, 6.45) is 4.49. The van der Waals surface area contributed by atoms with Crippen LogP contribution in [0.15, 0.2) is 18.2 Å². The van der Waals surface area contributed by atoms with Crippen molar-refractivity contribution in [1.82, 2.24) is 5.32 Å². The molecule has 0 aromatic heterocycles. The van der Waals surface area contributed by atoms with Crippen molar-refractivity contribution >= 4 is 23.2 Å². The van der Waals surface area contributed by atoms with Gasteiger partial charge in [-0.05, 0) is 49.3 Å². The summed E-state index contributed by atoms with van der Waals surface area (Å²) in [6.45, 7) is 2.41. The van der Waals surface area contributed by atoms with Gasteiger partial charge in [-0.15, -0.1) is 0 Å². The fourth-order valence-corrected chi connectivity index (χ4v) is 2.85. The Morgan fingerprint density at radius 1 is 1.33 bits per heavy atom. The Bertz CT molecular complexity index is 485. The van der Waals surface area contributed by atoms with Gasteiger partial charge >= 0.3 is 0 Å². The lowest BCUT2D eigenvalue weighted by Crippen LogP contribution is -2.40. The largest absolute Gasteiger partial charge is 0.392 e. The molecule has 21 heavy (non-hydrogen) atoms. The van der Waals surface area contributed by atoms with Crippen LogP contribution >= 0.6 is 11.6 Å². The normalized spacial score (nSPS) is 21.9. The third-order valence-electron chi connectivity index (χ3n) is 4.03. The molecule has 2 rings (SSSR count). The van der Waals surface area contributed by atoms with E-state index in [2.05, 4.69) is 17.6 Å². The topological polar surface area (TPSA) is 61.4 Å². The predicted octanol–water partition coefficient (Wildman–Crippen LogP) is 2.94. The van der Waals surface area contributed by atoms with Gasteiger partial charge in [0.2, 0.25) is 5.91 Å². The van der Waals surface area contributed by atoms with Crippen LogP contribution in [-0.2, 0) is 11.4 Å². The van der Waals surface area contributed by atoms with Gasteiger partial charge in [-0.2, -0.15) is 0 Å². The lowest BCUT2D eigenvalue weighted by Gasteiger charge is -2.27. The zero-order valence-corrected chi connectivity index (χ0v) is 13.1. The third-order valence-corrected chi connectivity index (χ3v) is 4.36. The Morgan fingerprint density at radius 2 is 2.05 bits per heavy atom. The van der Waals surface area contributed by atoms with Crippen molar-refractivity contribution < 1.29 is 9.90 Å². The number of anilines is 1. The smallest absolute Gasteiger partial charge is 0.239 e. The van der Waals surface area contributed by atoms with E-state index in [1.165, 1.54) is 12.8 Å². The number of amides is 1. The number of hydrogen-bond acceptors (Lipinski definition) is 3. The van der Waals surface area contributed by atoms with E-state index in [1.807, 2.05) is 0 Å². The van der Waals surface area contributed by atoms with Crippen LogP contribution < -0.4 is 10.6 Å². The number of rotatable bonds is 5. The van der Waals surface area contributed by atoms with E-state index in [0.717, 1.165) is 24.3 Å². The Kier molecular flexibility index (Phi) is 5.88. The van der Waals surface area contributed by atoms with E-state index in [1.54, 1.807) is 18.2 Å². The van der Waals surface area contributed by atoms with Crippen molar-refractivity contribution in [3.63, 3.8) is 0 Å². The molecule has 0 bridgehead atoms. The van der Waals surface area contributed by atoms with Gasteiger partial charge in [-0.25, -0.2) is 0 Å². The number of aliphatic hydroxyl groups is 1. The molecule has 0 unspecified atom stereocenters. The van der Waals surface area contributed by atoms with Crippen LogP contribution in [-0.4, -0.2) is 23.6 Å². The molecule has 4 nitrogen and oxygen atoms in total. The van der Waals surface area contributed by atoms with Crippen molar-refractivity contribution in [3.05, 3.63) is 28.8 Å². The molecule has 0 radical (unpaired) electrons. The maximum atomic E-state index is 12.0. The number of halogens is 1. The Labute approximate surface area is 130 Å². The first-order valence-electron chi connectivity index (χ1n) is 7.51. The van der Waals surface area contributed by atoms with Crippen LogP contribution in [0.4, 0.5) is 5.69 Å². The molecule has 1 aliphatic rings. The van der Waals surface area contributed by atoms with Crippen LogP contribution in [0, 0.1) is 5.92 Å². The number of aliphatic hydroxyl groups excluding tert-OH is 1. The first-order valence-corrected chi connectivity index (χ1v) is 7.89. The minimum Gasteiger partial charge on any atom is -0.392 e. The maximum Gasteiger partial charge on any atom is 0.239 e. The zero-order valence-electron chi connectivity index (χ0n) is 12.4. The standard InChI is InChI=1S/C16H23ClN2O2/c1-11-2-5-13(6-3-11)19-16(21)9-18-15-8-12(10-20)4-7-14(15)17/h4,7-8,11,13,18,20H,2-3,5-6,9-10H2,1H3,(H,19,21). The van der Waals surface area contributed by atoms with Gasteiger partial charge in [-0.1, -0.05) is 24.6 Å². The van der Waals surface area contributed by atoms with Crippen molar-refractivity contribution in [2.75, 3.05) is 11.9 Å². The molecule has 1 amide bonds. The Balaban J connectivity index is 1.81. The average molecular weight is 311 g/mol. The summed E-state index contributed by atoms with van der Waals surface area (Å²) < 4.78 is 0. The lowest BCUT2D eigenvalue weighted by molar-refractivity contribution is -0.120. The number of benzene rings is 1. The van der Waals surface area contributed by atoms with Gasteiger partial charge in [0.05, 0.1) is 23.9 Å². The van der Waals surface area contributed by atoms with Crippen LogP contribution in [0.25, 0.3) is 0 Å². The number of hydrogen-bond donors (Lipinski definition) is 3. The zero-order chi connectivity index (χ0) is 15.2. The minimum absolute atomic E-state index is 0.0139. The highest BCUT2D eigenvalue weighted by atomic mass is 35.5. The van der Waals surface area contributed by atoms with E-state index in [0.29, 0.717) is 16.8 Å². The first kappa shape index (κ1) is 16.1. The molecule has 0 heterocycles. The second-order valence-corrected chi connectivity index (χ2v) is 6.26. The van der Waals surface area contributed by atoms with E-state index < -0.39 is 0 Å². The van der Waals surface area contributed by atoms with Crippen LogP contribution in [0.2, 0.25) is 5.02 Å². The summed E-state index contributed by atoms with van der Waals surface area (Å²) in [5, 5.41) is 15.8. The molecule has 1 saturated carbocycles. The van der Waals surface area contributed by atoms with Crippen molar-refractivity contribution in [1.29, 1.82) is 0 Å². The molecule has 0 aliphatic heterocycles. The minimum atomic E-state index is -0.0433. The first-order chi connectivity index (χ1) is 10.1. The molecule has 116 valence electrons. The van der Waals surface area contributed by atoms with E-state index >= 15 is 0 Å². The predicted molar refractivity (Wildman–Crippen MR) is 85.4 cm³/mol. The van der Waals surface area contributed by atoms with Gasteiger partial charge in [-0.3, -0.25) is 4.79 Å². The van der Waals surface area contributed by atoms with Crippen LogP contribution in [0.1, 0.15) is 38.2 Å².